The summed E-state index contributed by atoms with van der Waals surface area (Å²) in [6, 6.07) is 8.60. The number of esters is 1. The van der Waals surface area contributed by atoms with Crippen LogP contribution in [0.25, 0.3) is 0 Å². The van der Waals surface area contributed by atoms with E-state index in [9.17, 15) is 29.1 Å². The number of rotatable bonds is 18. The molecule has 11 nitrogen and oxygen atoms in total. The smallest absolute Gasteiger partial charge is 0.306 e. The first-order chi connectivity index (χ1) is 23.2. The molecular formula is C37H54N4O7S. The number of Topliss-reactive ketones (excluding diaryl/α,β-unsaturated/α-hetero) is 1. The van der Waals surface area contributed by atoms with Gasteiger partial charge in [0.05, 0.1) is 12.0 Å². The Labute approximate surface area is 294 Å². The third-order valence-corrected chi connectivity index (χ3v) is 10.5. The number of carboxylic acid groups (broad SMARTS) is 1. The molecule has 0 aliphatic carbocycles. The van der Waals surface area contributed by atoms with Crippen molar-refractivity contribution in [2.24, 2.45) is 17.8 Å². The average Bonchev–Trinajstić information content (AvgIpc) is 3.56. The summed E-state index contributed by atoms with van der Waals surface area (Å²) in [6.45, 7) is 9.72. The van der Waals surface area contributed by atoms with Gasteiger partial charge in [0, 0.05) is 50.2 Å². The van der Waals surface area contributed by atoms with Crippen LogP contribution in [-0.2, 0) is 30.3 Å². The number of carbonyl (C=O) groups is 5. The summed E-state index contributed by atoms with van der Waals surface area (Å²) < 4.78 is 5.74. The van der Waals surface area contributed by atoms with Crippen molar-refractivity contribution in [1.82, 2.24) is 20.1 Å². The van der Waals surface area contributed by atoms with Gasteiger partial charge < -0.3 is 20.1 Å². The first-order valence-corrected chi connectivity index (χ1v) is 18.3. The van der Waals surface area contributed by atoms with Crippen LogP contribution < -0.4 is 5.32 Å². The van der Waals surface area contributed by atoms with Gasteiger partial charge in [-0.1, -0.05) is 64.4 Å². The number of ether oxygens (including phenoxy) is 1. The van der Waals surface area contributed by atoms with Gasteiger partial charge in [0.15, 0.2) is 11.9 Å². The van der Waals surface area contributed by atoms with Crippen LogP contribution in [0.4, 0.5) is 0 Å². The van der Waals surface area contributed by atoms with Crippen molar-refractivity contribution in [3.05, 3.63) is 52.0 Å². The predicted octanol–water partition coefficient (Wildman–Crippen LogP) is 5.54. The number of likely N-dealkylation sites (N-methyl/N-ethyl adjacent to an activating group) is 1. The first-order valence-electron chi connectivity index (χ1n) is 17.4. The molecule has 2 amide bonds. The number of aromatic nitrogens is 1. The van der Waals surface area contributed by atoms with Gasteiger partial charge in [0.1, 0.15) is 10.7 Å². The zero-order valence-corrected chi connectivity index (χ0v) is 30.8. The molecule has 2 heterocycles. The van der Waals surface area contributed by atoms with Gasteiger partial charge in [-0.15, -0.1) is 11.3 Å². The zero-order valence-electron chi connectivity index (χ0n) is 30.0. The summed E-state index contributed by atoms with van der Waals surface area (Å²) in [5, 5.41) is 14.5. The molecule has 12 heteroatoms. The largest absolute Gasteiger partial charge is 0.481 e. The molecule has 1 aliphatic heterocycles. The molecule has 1 fully saturated rings. The third-order valence-electron chi connectivity index (χ3n) is 9.56. The first kappa shape index (κ1) is 39.8. The lowest BCUT2D eigenvalue weighted by Crippen LogP contribution is -2.46. The summed E-state index contributed by atoms with van der Waals surface area (Å²) in [7, 11) is 3.71. The quantitative estimate of drug-likeness (QED) is 0.192. The molecule has 1 aliphatic rings. The van der Waals surface area contributed by atoms with Crippen LogP contribution >= 0.6 is 11.3 Å². The van der Waals surface area contributed by atoms with Crippen LogP contribution in [-0.4, -0.2) is 88.2 Å². The highest BCUT2D eigenvalue weighted by Gasteiger charge is 2.35. The van der Waals surface area contributed by atoms with E-state index >= 15 is 0 Å². The highest BCUT2D eigenvalue weighted by molar-refractivity contribution is 7.09. The molecule has 2 aromatic rings. The van der Waals surface area contributed by atoms with Gasteiger partial charge in [-0.2, -0.15) is 0 Å². The second-order valence-corrected chi connectivity index (χ2v) is 14.7. The van der Waals surface area contributed by atoms with E-state index in [4.69, 9.17) is 4.74 Å². The second-order valence-electron chi connectivity index (χ2n) is 13.8. The van der Waals surface area contributed by atoms with Crippen molar-refractivity contribution < 1.29 is 33.8 Å². The number of hydrogen-bond acceptors (Lipinski definition) is 9. The average molecular weight is 699 g/mol. The fourth-order valence-electron chi connectivity index (χ4n) is 6.63. The van der Waals surface area contributed by atoms with Crippen LogP contribution in [0.5, 0.6) is 0 Å². The van der Waals surface area contributed by atoms with E-state index in [1.165, 1.54) is 18.3 Å². The van der Waals surface area contributed by atoms with Crippen molar-refractivity contribution in [1.29, 1.82) is 0 Å². The minimum Gasteiger partial charge on any atom is -0.481 e. The minimum absolute atomic E-state index is 0.0117. The van der Waals surface area contributed by atoms with Crippen LogP contribution in [0.2, 0.25) is 0 Å². The van der Waals surface area contributed by atoms with Gasteiger partial charge in [0.25, 0.3) is 5.91 Å². The molecule has 2 N–H and O–H groups in total. The Morgan fingerprint density at radius 2 is 1.80 bits per heavy atom. The third kappa shape index (κ3) is 11.7. The van der Waals surface area contributed by atoms with E-state index in [1.54, 1.807) is 24.3 Å². The standard InChI is InChI=1S/C37H54N4O7S/c1-8-27(20-32(43)30-16-12-13-17-40(30)6)36(45)41(7)31(23(2)3)21-33(48-25(5)42)35-39-29(22-49-35)34(44)38-28(18-24(4)37(46)47)19-26-14-10-9-11-15-26/h9-11,14-15,22-24,27-28,30-31,33H,8,12-13,16-21H2,1-7H3,(H,38,44)(H,46,47)/t24-,27+,28+,30+,31+,33+/m0/s1. The van der Waals surface area contributed by atoms with Crippen LogP contribution in [0.3, 0.4) is 0 Å². The Bertz CT molecular complexity index is 1410. The number of piperidine rings is 1. The number of ketones is 1. The van der Waals surface area contributed by atoms with Gasteiger partial charge >= 0.3 is 11.9 Å². The molecule has 1 saturated heterocycles. The number of likely N-dealkylation sites (tertiary alicyclic amines) is 1. The highest BCUT2D eigenvalue weighted by atomic mass is 32.1. The summed E-state index contributed by atoms with van der Waals surface area (Å²) in [5.41, 5.74) is 1.11. The van der Waals surface area contributed by atoms with E-state index in [1.807, 2.05) is 58.2 Å². The Morgan fingerprint density at radius 3 is 2.39 bits per heavy atom. The van der Waals surface area contributed by atoms with Gasteiger partial charge in [-0.3, -0.25) is 28.9 Å². The predicted molar refractivity (Wildman–Crippen MR) is 189 cm³/mol. The number of hydrogen-bond donors (Lipinski definition) is 2. The normalized spacial score (nSPS) is 18.2. The van der Waals surface area contributed by atoms with Crippen molar-refractivity contribution in [3.63, 3.8) is 0 Å². The van der Waals surface area contributed by atoms with Gasteiger partial charge in [0.2, 0.25) is 5.91 Å². The second kappa shape index (κ2) is 18.9. The van der Waals surface area contributed by atoms with E-state index in [2.05, 4.69) is 15.2 Å². The summed E-state index contributed by atoms with van der Waals surface area (Å²) in [5.74, 6) is -3.05. The number of aliphatic carboxylic acids is 1. The Morgan fingerprint density at radius 1 is 1.10 bits per heavy atom. The highest BCUT2D eigenvalue weighted by Crippen LogP contribution is 2.32. The van der Waals surface area contributed by atoms with Crippen molar-refractivity contribution in [2.75, 3.05) is 20.6 Å². The zero-order chi connectivity index (χ0) is 36.2. The molecular weight excluding hydrogens is 644 g/mol. The monoisotopic (exact) mass is 698 g/mol. The molecule has 0 radical (unpaired) electrons. The molecule has 0 bridgehead atoms. The summed E-state index contributed by atoms with van der Waals surface area (Å²) >= 11 is 1.19. The van der Waals surface area contributed by atoms with Gasteiger partial charge in [-0.25, -0.2) is 4.98 Å². The molecule has 3 rings (SSSR count). The van der Waals surface area contributed by atoms with Crippen LogP contribution in [0.1, 0.15) is 107 Å². The number of benzene rings is 1. The fraction of sp³-hybridized carbons (Fsp3) is 0.622. The molecule has 0 saturated carbocycles. The molecule has 49 heavy (non-hydrogen) atoms. The topological polar surface area (TPSA) is 146 Å². The number of thiazole rings is 1. The molecule has 270 valence electrons. The lowest BCUT2D eigenvalue weighted by molar-refractivity contribution is -0.149. The minimum atomic E-state index is -0.940. The number of nitrogens with zero attached hydrogens (tertiary/aromatic N) is 3. The van der Waals surface area contributed by atoms with E-state index in [-0.39, 0.29) is 54.6 Å². The van der Waals surface area contributed by atoms with E-state index in [0.717, 1.165) is 31.4 Å². The van der Waals surface area contributed by atoms with Crippen LogP contribution in [0.15, 0.2) is 35.7 Å². The molecule has 0 spiro atoms. The van der Waals surface area contributed by atoms with E-state index in [0.29, 0.717) is 17.8 Å². The Balaban J connectivity index is 1.76. The summed E-state index contributed by atoms with van der Waals surface area (Å²) in [4.78, 5) is 72.7. The summed E-state index contributed by atoms with van der Waals surface area (Å²) in [6.07, 6.45) is 3.77. The molecule has 1 aromatic heterocycles. The number of nitrogens with one attached hydrogen (secondary N) is 1. The lowest BCUT2D eigenvalue weighted by atomic mass is 9.89. The van der Waals surface area contributed by atoms with Gasteiger partial charge in [-0.05, 0) is 57.2 Å². The maximum Gasteiger partial charge on any atom is 0.306 e. The Hall–Kier alpha value is -3.64. The van der Waals surface area contributed by atoms with Crippen molar-refractivity contribution in [3.8, 4) is 0 Å². The molecule has 1 aromatic carbocycles. The van der Waals surface area contributed by atoms with Crippen molar-refractivity contribution in [2.45, 2.75) is 110 Å². The maximum atomic E-state index is 13.9. The molecule has 0 unspecified atom stereocenters. The van der Waals surface area contributed by atoms with Crippen molar-refractivity contribution >= 4 is 40.9 Å². The van der Waals surface area contributed by atoms with Crippen LogP contribution in [0, 0.1) is 17.8 Å². The Kier molecular flexibility index (Phi) is 15.4. The SMILES string of the molecule is CC[C@H](CC(=O)[C@H]1CCCCN1C)C(=O)N(C)[C@H](C[C@@H](OC(C)=O)c1nc(C(=O)N[C@@H](Cc2ccccc2)C[C@H](C)C(=O)O)cs1)C(C)C. The molecule has 6 atom stereocenters. The number of carboxylic acids is 1. The number of amides is 2. The lowest BCUT2D eigenvalue weighted by Gasteiger charge is -2.36. The van der Waals surface area contributed by atoms with E-state index < -0.39 is 41.8 Å². The fourth-order valence-corrected chi connectivity index (χ4v) is 7.47. The maximum absolute atomic E-state index is 13.9. The number of carbonyl (C=O) groups excluding carboxylic acids is 4.